The van der Waals surface area contributed by atoms with Crippen LogP contribution >= 0.6 is 0 Å². The zero-order valence-electron chi connectivity index (χ0n) is 16.9. The lowest BCUT2D eigenvalue weighted by molar-refractivity contribution is 0.0982. The van der Waals surface area contributed by atoms with E-state index in [1.54, 1.807) is 10.9 Å². The highest BCUT2D eigenvalue weighted by Gasteiger charge is 2.29. The van der Waals surface area contributed by atoms with Crippen LogP contribution in [0.4, 0.5) is 4.79 Å². The van der Waals surface area contributed by atoms with Gasteiger partial charge in [0, 0.05) is 24.7 Å². The van der Waals surface area contributed by atoms with Gasteiger partial charge in [-0.2, -0.15) is 5.10 Å². The minimum Gasteiger partial charge on any atom is -0.446 e. The summed E-state index contributed by atoms with van der Waals surface area (Å²) in [6.45, 7) is 3.84. The number of fused-ring (bicyclic) bond motifs is 1. The van der Waals surface area contributed by atoms with Gasteiger partial charge in [-0.1, -0.05) is 0 Å². The maximum atomic E-state index is 11.8. The number of hydrogen-bond acceptors (Lipinski definition) is 4. The molecule has 0 unspecified atom stereocenters. The van der Waals surface area contributed by atoms with Crippen LogP contribution in [0, 0.1) is 11.8 Å². The quantitative estimate of drug-likeness (QED) is 0.670. The van der Waals surface area contributed by atoms with Gasteiger partial charge in [-0.3, -0.25) is 4.68 Å². The second-order valence-electron chi connectivity index (χ2n) is 7.82. The van der Waals surface area contributed by atoms with Crippen molar-refractivity contribution in [2.24, 2.45) is 7.05 Å². The Balaban J connectivity index is 1.45. The van der Waals surface area contributed by atoms with E-state index in [1.807, 2.05) is 39.2 Å². The molecule has 4 rings (SSSR count). The molecular weight excluding hydrogens is 366 g/mol. The van der Waals surface area contributed by atoms with Crippen LogP contribution in [-0.2, 0) is 11.8 Å². The molecule has 2 N–H and O–H groups in total. The first-order valence-electron chi connectivity index (χ1n) is 9.94. The summed E-state index contributed by atoms with van der Waals surface area (Å²) in [5.41, 5.74) is 3.68. The largest absolute Gasteiger partial charge is 0.446 e. The predicted octanol–water partition coefficient (Wildman–Crippen LogP) is 3.47. The number of carbonyl (C=O) groups excluding carboxylic acids is 1. The molecule has 0 spiro atoms. The molecule has 2 atom stereocenters. The van der Waals surface area contributed by atoms with Gasteiger partial charge in [-0.05, 0) is 74.6 Å². The number of rotatable bonds is 3. The van der Waals surface area contributed by atoms with E-state index in [2.05, 4.69) is 38.3 Å². The molecule has 29 heavy (non-hydrogen) atoms. The maximum Gasteiger partial charge on any atom is 0.407 e. The third-order valence-corrected chi connectivity index (χ3v) is 5.17. The van der Waals surface area contributed by atoms with Crippen LogP contribution in [0.2, 0.25) is 0 Å². The third-order valence-electron chi connectivity index (χ3n) is 5.17. The molecule has 3 aromatic heterocycles. The summed E-state index contributed by atoms with van der Waals surface area (Å²) in [6, 6.07) is 6.14. The van der Waals surface area contributed by atoms with Crippen molar-refractivity contribution in [1.82, 2.24) is 25.1 Å². The molecule has 3 aromatic rings. The van der Waals surface area contributed by atoms with Gasteiger partial charge >= 0.3 is 6.09 Å². The third kappa shape index (κ3) is 4.43. The van der Waals surface area contributed by atoms with Crippen LogP contribution in [0.15, 0.2) is 30.6 Å². The van der Waals surface area contributed by atoms with Gasteiger partial charge in [0.2, 0.25) is 0 Å². The van der Waals surface area contributed by atoms with E-state index >= 15 is 0 Å². The molecule has 7 heteroatoms. The molecule has 3 heterocycles. The molecule has 1 aliphatic carbocycles. The van der Waals surface area contributed by atoms with Crippen LogP contribution in [0.1, 0.15) is 56.0 Å². The number of hydrogen-bond donors (Lipinski definition) is 2. The van der Waals surface area contributed by atoms with Gasteiger partial charge in [0.25, 0.3) is 0 Å². The number of nitrogens with zero attached hydrogens (tertiary/aromatic N) is 3. The Bertz CT molecular complexity index is 1090. The second kappa shape index (κ2) is 8.00. The zero-order chi connectivity index (χ0) is 20.4. The first kappa shape index (κ1) is 19.1. The number of ether oxygens (including phenoxy) is 1. The number of amides is 1. The minimum atomic E-state index is -0.332. The number of nitrogens with one attached hydrogen (secondary N) is 2. The Kier molecular flexibility index (Phi) is 5.26. The van der Waals surface area contributed by atoms with Crippen molar-refractivity contribution in [3.05, 3.63) is 47.5 Å². The van der Waals surface area contributed by atoms with Crippen molar-refractivity contribution in [3.8, 4) is 11.8 Å². The molecule has 1 aliphatic rings. The van der Waals surface area contributed by atoms with Gasteiger partial charge in [-0.15, -0.1) is 0 Å². The zero-order valence-corrected chi connectivity index (χ0v) is 16.9. The highest BCUT2D eigenvalue weighted by molar-refractivity contribution is 5.78. The average molecular weight is 391 g/mol. The molecule has 0 radical (unpaired) electrons. The molecule has 0 bridgehead atoms. The standard InChI is InChI=1S/C22H25N5O2/c1-14(2)25-22(28)29-20-7-4-15(12-20)17-10-16-11-18(26-21(16)23-13-17)5-6-19-8-9-24-27(19)3/h8-11,13-15,20H,4,7,12H2,1-3H3,(H,23,26)(H,25,28)/t15-,20+/m0/s1. The average Bonchev–Trinajstić information content (AvgIpc) is 3.38. The fraction of sp³-hybridized carbons (Fsp3) is 0.409. The van der Waals surface area contributed by atoms with Crippen molar-refractivity contribution in [2.75, 3.05) is 0 Å². The number of aromatic amines is 1. The highest BCUT2D eigenvalue weighted by atomic mass is 16.6. The normalized spacial score (nSPS) is 18.6. The monoisotopic (exact) mass is 391 g/mol. The van der Waals surface area contributed by atoms with Crippen molar-refractivity contribution in [1.29, 1.82) is 0 Å². The Hall–Kier alpha value is -3.27. The van der Waals surface area contributed by atoms with Gasteiger partial charge in [0.05, 0.1) is 11.9 Å². The number of aryl methyl sites for hydroxylation is 1. The number of alkyl carbamates (subject to hydrolysis) is 1. The van der Waals surface area contributed by atoms with Gasteiger partial charge in [0.1, 0.15) is 17.4 Å². The van der Waals surface area contributed by atoms with E-state index in [9.17, 15) is 4.79 Å². The van der Waals surface area contributed by atoms with E-state index in [4.69, 9.17) is 4.74 Å². The summed E-state index contributed by atoms with van der Waals surface area (Å²) in [6.07, 6.45) is 5.97. The van der Waals surface area contributed by atoms with E-state index in [1.165, 1.54) is 5.56 Å². The van der Waals surface area contributed by atoms with Crippen LogP contribution in [0.3, 0.4) is 0 Å². The number of aromatic nitrogens is 4. The number of H-pyrrole nitrogens is 1. The second-order valence-corrected chi connectivity index (χ2v) is 7.82. The molecule has 150 valence electrons. The lowest BCUT2D eigenvalue weighted by Crippen LogP contribution is -2.33. The topological polar surface area (TPSA) is 84.8 Å². The molecule has 0 aromatic carbocycles. The molecule has 0 saturated heterocycles. The molecule has 1 fully saturated rings. The van der Waals surface area contributed by atoms with E-state index in [0.717, 1.165) is 41.7 Å². The number of pyridine rings is 1. The van der Waals surface area contributed by atoms with Crippen molar-refractivity contribution >= 4 is 17.1 Å². The smallest absolute Gasteiger partial charge is 0.407 e. The number of carbonyl (C=O) groups is 1. The summed E-state index contributed by atoms with van der Waals surface area (Å²) < 4.78 is 7.28. The Labute approximate surface area is 169 Å². The van der Waals surface area contributed by atoms with Gasteiger partial charge in [-0.25, -0.2) is 9.78 Å². The lowest BCUT2D eigenvalue weighted by Gasteiger charge is -2.15. The Morgan fingerprint density at radius 1 is 1.34 bits per heavy atom. The first-order chi connectivity index (χ1) is 14.0. The Morgan fingerprint density at radius 2 is 2.21 bits per heavy atom. The fourth-order valence-corrected chi connectivity index (χ4v) is 3.72. The molecule has 1 amide bonds. The predicted molar refractivity (Wildman–Crippen MR) is 110 cm³/mol. The van der Waals surface area contributed by atoms with Crippen LogP contribution in [0.5, 0.6) is 0 Å². The fourth-order valence-electron chi connectivity index (χ4n) is 3.72. The first-order valence-corrected chi connectivity index (χ1v) is 9.94. The SMILES string of the molecule is CC(C)NC(=O)O[C@@H]1CC[C@H](c2cnc3[nH]c(C#Cc4ccnn4C)cc3c2)C1. The molecule has 0 aliphatic heterocycles. The van der Waals surface area contributed by atoms with Crippen molar-refractivity contribution < 1.29 is 9.53 Å². The van der Waals surface area contributed by atoms with Gasteiger partial charge < -0.3 is 15.0 Å². The summed E-state index contributed by atoms with van der Waals surface area (Å²) in [4.78, 5) is 19.7. The van der Waals surface area contributed by atoms with Crippen LogP contribution < -0.4 is 5.32 Å². The summed E-state index contributed by atoms with van der Waals surface area (Å²) in [5, 5.41) is 7.94. The van der Waals surface area contributed by atoms with E-state index in [-0.39, 0.29) is 18.2 Å². The van der Waals surface area contributed by atoms with E-state index < -0.39 is 0 Å². The molecule has 7 nitrogen and oxygen atoms in total. The van der Waals surface area contributed by atoms with E-state index in [0.29, 0.717) is 5.92 Å². The van der Waals surface area contributed by atoms with Crippen molar-refractivity contribution in [2.45, 2.75) is 51.2 Å². The van der Waals surface area contributed by atoms with Crippen LogP contribution in [0.25, 0.3) is 11.0 Å². The minimum absolute atomic E-state index is 0.0407. The summed E-state index contributed by atoms with van der Waals surface area (Å²) in [5.74, 6) is 6.60. The Morgan fingerprint density at radius 3 is 2.97 bits per heavy atom. The lowest BCUT2D eigenvalue weighted by atomic mass is 9.99. The summed E-state index contributed by atoms with van der Waals surface area (Å²) >= 11 is 0. The summed E-state index contributed by atoms with van der Waals surface area (Å²) in [7, 11) is 1.87. The van der Waals surface area contributed by atoms with Crippen molar-refractivity contribution in [3.63, 3.8) is 0 Å². The van der Waals surface area contributed by atoms with Gasteiger partial charge in [0.15, 0.2) is 0 Å². The highest BCUT2D eigenvalue weighted by Crippen LogP contribution is 2.36. The molecular formula is C22H25N5O2. The maximum absolute atomic E-state index is 11.8. The van der Waals surface area contributed by atoms with Crippen LogP contribution in [-0.4, -0.2) is 38.0 Å². The molecule has 1 saturated carbocycles.